The molecule has 3 aliphatic rings. The zero-order chi connectivity index (χ0) is 34.3. The molecule has 14 heteroatoms. The Hall–Kier alpha value is -3.45. The minimum absolute atomic E-state index is 0.0244. The Labute approximate surface area is 281 Å². The first-order chi connectivity index (χ1) is 22.3. The van der Waals surface area contributed by atoms with Crippen molar-refractivity contribution in [1.82, 2.24) is 25.8 Å². The fraction of sp³-hybridized carbons (Fsp3) is 0.697. The predicted molar refractivity (Wildman–Crippen MR) is 174 cm³/mol. The highest BCUT2D eigenvalue weighted by Crippen LogP contribution is 2.30. The summed E-state index contributed by atoms with van der Waals surface area (Å²) in [6, 6.07) is -0.189. The van der Waals surface area contributed by atoms with E-state index in [4.69, 9.17) is 22.1 Å². The molecule has 1 aliphatic heterocycles. The number of carbonyl (C=O) groups excluding carboxylic acids is 5. The van der Waals surface area contributed by atoms with Crippen LogP contribution in [0.1, 0.15) is 91.4 Å². The molecule has 0 bridgehead atoms. The number of carbonyl (C=O) groups is 5. The van der Waals surface area contributed by atoms with Crippen molar-refractivity contribution < 1.29 is 33.8 Å². The zero-order valence-electron chi connectivity index (χ0n) is 27.5. The van der Waals surface area contributed by atoms with E-state index in [0.29, 0.717) is 17.9 Å². The maximum Gasteiger partial charge on any atom is 0.251 e. The smallest absolute Gasteiger partial charge is 0.251 e. The van der Waals surface area contributed by atoms with Crippen LogP contribution in [0.15, 0.2) is 18.3 Å². The van der Waals surface area contributed by atoms with E-state index in [1.54, 1.807) is 12.1 Å². The number of aliphatic hydroxyl groups is 1. The molecule has 6 N–H and O–H groups in total. The van der Waals surface area contributed by atoms with Gasteiger partial charge in [-0.15, -0.1) is 0 Å². The molecule has 1 saturated heterocycles. The summed E-state index contributed by atoms with van der Waals surface area (Å²) >= 11 is 5.97. The molecule has 5 atom stereocenters. The Bertz CT molecular complexity index is 1280. The van der Waals surface area contributed by atoms with E-state index in [9.17, 15) is 29.1 Å². The third kappa shape index (κ3) is 9.79. The van der Waals surface area contributed by atoms with Crippen LogP contribution in [0.25, 0.3) is 0 Å². The second-order valence-corrected chi connectivity index (χ2v) is 14.2. The maximum atomic E-state index is 14.4. The number of rotatable bonds is 15. The molecule has 1 aromatic rings. The first-order valence-electron chi connectivity index (χ1n) is 16.8. The summed E-state index contributed by atoms with van der Waals surface area (Å²) in [4.78, 5) is 72.4. The summed E-state index contributed by atoms with van der Waals surface area (Å²) in [6.07, 6.45) is 7.10. The summed E-state index contributed by atoms with van der Waals surface area (Å²) in [5.74, 6) is -2.57. The fourth-order valence-corrected chi connectivity index (χ4v) is 6.42. The minimum atomic E-state index is -1.50. The van der Waals surface area contributed by atoms with Crippen LogP contribution in [0.3, 0.4) is 0 Å². The van der Waals surface area contributed by atoms with E-state index in [2.05, 4.69) is 20.9 Å². The Kier molecular flexibility index (Phi) is 12.5. The van der Waals surface area contributed by atoms with Gasteiger partial charge in [0.15, 0.2) is 6.10 Å². The Morgan fingerprint density at radius 1 is 1.11 bits per heavy atom. The molecule has 3 fully saturated rings. The number of halogens is 1. The highest BCUT2D eigenvalue weighted by Gasteiger charge is 2.49. The quantitative estimate of drug-likeness (QED) is 0.186. The largest absolute Gasteiger partial charge is 0.472 e. The lowest BCUT2D eigenvalue weighted by Crippen LogP contribution is -2.62. The number of aliphatic hydroxyl groups excluding tert-OH is 1. The highest BCUT2D eigenvalue weighted by molar-refractivity contribution is 6.30. The van der Waals surface area contributed by atoms with Crippen molar-refractivity contribution in [2.24, 2.45) is 17.1 Å². The lowest BCUT2D eigenvalue weighted by atomic mass is 9.81. The second kappa shape index (κ2) is 16.1. The number of ether oxygens (including phenoxy) is 1. The van der Waals surface area contributed by atoms with E-state index in [1.807, 2.05) is 6.92 Å². The van der Waals surface area contributed by atoms with Crippen molar-refractivity contribution in [3.63, 3.8) is 0 Å². The van der Waals surface area contributed by atoms with Gasteiger partial charge < -0.3 is 36.4 Å². The van der Waals surface area contributed by atoms with Crippen LogP contribution in [0.4, 0.5) is 0 Å². The average Bonchev–Trinajstić information content (AvgIpc) is 3.75. The SMILES string of the molecule is CCCC(NC(=O)C1CC(Oc2ccc(Cl)cn2)CN1C(=O)C(NC(=O)CC1CCCCC1)C(C)(C)C(N)=O)C(O)C(=O)NC1CC1. The van der Waals surface area contributed by atoms with Gasteiger partial charge in [0.25, 0.3) is 5.91 Å². The number of hydrogen-bond donors (Lipinski definition) is 5. The summed E-state index contributed by atoms with van der Waals surface area (Å²) in [6.45, 7) is 4.78. The van der Waals surface area contributed by atoms with Gasteiger partial charge in [0.2, 0.25) is 29.5 Å². The van der Waals surface area contributed by atoms with Gasteiger partial charge in [0, 0.05) is 31.1 Å². The van der Waals surface area contributed by atoms with Gasteiger partial charge in [-0.05, 0) is 57.9 Å². The normalized spacial score (nSPS) is 22.1. The number of nitrogens with one attached hydrogen (secondary N) is 3. The molecule has 1 aromatic heterocycles. The summed E-state index contributed by atoms with van der Waals surface area (Å²) < 4.78 is 6.04. The lowest BCUT2D eigenvalue weighted by Gasteiger charge is -2.36. The molecular weight excluding hydrogens is 628 g/mol. The van der Waals surface area contributed by atoms with Gasteiger partial charge in [-0.1, -0.05) is 44.2 Å². The van der Waals surface area contributed by atoms with Crippen molar-refractivity contribution in [2.75, 3.05) is 6.54 Å². The number of likely N-dealkylation sites (tertiary alicyclic amines) is 1. The number of nitrogens with two attached hydrogens (primary N) is 1. The average molecular weight is 677 g/mol. The van der Waals surface area contributed by atoms with Crippen molar-refractivity contribution in [3.05, 3.63) is 23.4 Å². The Balaban J connectivity index is 1.58. The third-order valence-electron chi connectivity index (χ3n) is 9.44. The molecule has 2 aliphatic carbocycles. The van der Waals surface area contributed by atoms with Gasteiger partial charge in [-0.3, -0.25) is 24.0 Å². The third-order valence-corrected chi connectivity index (χ3v) is 9.67. The molecule has 260 valence electrons. The molecule has 5 amide bonds. The molecule has 47 heavy (non-hydrogen) atoms. The van der Waals surface area contributed by atoms with E-state index >= 15 is 0 Å². The molecule has 2 heterocycles. The van der Waals surface area contributed by atoms with Crippen LogP contribution >= 0.6 is 11.6 Å². The number of aromatic nitrogens is 1. The van der Waals surface area contributed by atoms with Gasteiger partial charge in [-0.2, -0.15) is 0 Å². The molecule has 0 radical (unpaired) electrons. The van der Waals surface area contributed by atoms with Gasteiger partial charge in [-0.25, -0.2) is 4.98 Å². The van der Waals surface area contributed by atoms with E-state index < -0.39 is 59.4 Å². The number of hydrogen-bond acceptors (Lipinski definition) is 8. The van der Waals surface area contributed by atoms with Crippen LogP contribution < -0.4 is 26.4 Å². The van der Waals surface area contributed by atoms with Gasteiger partial charge in [0.1, 0.15) is 18.2 Å². The van der Waals surface area contributed by atoms with Crippen molar-refractivity contribution >= 4 is 41.1 Å². The van der Waals surface area contributed by atoms with Crippen LogP contribution in [-0.4, -0.2) is 87.4 Å². The minimum Gasteiger partial charge on any atom is -0.472 e. The van der Waals surface area contributed by atoms with E-state index in [1.165, 1.54) is 24.9 Å². The van der Waals surface area contributed by atoms with Crippen molar-refractivity contribution in [1.29, 1.82) is 0 Å². The van der Waals surface area contributed by atoms with Gasteiger partial charge in [0.05, 0.1) is 23.0 Å². The molecule has 0 aromatic carbocycles. The predicted octanol–water partition coefficient (Wildman–Crippen LogP) is 1.97. The van der Waals surface area contributed by atoms with Crippen LogP contribution in [0, 0.1) is 11.3 Å². The standard InChI is InChI=1S/C33H49ClN6O7/c1-4-8-23(27(42)30(44)37-21-12-13-21)38-29(43)24-16-22(47-26-14-11-20(34)17-36-26)18-40(24)31(45)28(33(2,3)32(35)46)39-25(41)15-19-9-6-5-7-10-19/h11,14,17,19,21-24,27-28,42H,4-10,12-13,15-16,18H2,1-3H3,(H2,35,46)(H,37,44)(H,38,43)(H,39,41). The van der Waals surface area contributed by atoms with Crippen LogP contribution in [-0.2, 0) is 24.0 Å². The number of amides is 5. The lowest BCUT2D eigenvalue weighted by molar-refractivity contribution is -0.147. The number of primary amides is 1. The highest BCUT2D eigenvalue weighted by atomic mass is 35.5. The summed E-state index contributed by atoms with van der Waals surface area (Å²) in [7, 11) is 0. The maximum absolute atomic E-state index is 14.4. The monoisotopic (exact) mass is 676 g/mol. The van der Waals surface area contributed by atoms with E-state index in [-0.39, 0.29) is 43.1 Å². The first-order valence-corrected chi connectivity index (χ1v) is 17.1. The summed E-state index contributed by atoms with van der Waals surface area (Å²) in [5.41, 5.74) is 4.25. The van der Waals surface area contributed by atoms with E-state index in [0.717, 1.165) is 44.9 Å². The number of pyridine rings is 1. The molecule has 5 unspecified atom stereocenters. The second-order valence-electron chi connectivity index (χ2n) is 13.7. The molecular formula is C33H49ClN6O7. The van der Waals surface area contributed by atoms with Crippen LogP contribution in [0.5, 0.6) is 5.88 Å². The summed E-state index contributed by atoms with van der Waals surface area (Å²) in [5, 5.41) is 19.6. The zero-order valence-corrected chi connectivity index (χ0v) is 28.3. The molecule has 2 saturated carbocycles. The molecule has 4 rings (SSSR count). The van der Waals surface area contributed by atoms with Gasteiger partial charge >= 0.3 is 0 Å². The number of nitrogens with zero attached hydrogens (tertiary/aromatic N) is 2. The molecule has 0 spiro atoms. The first kappa shape index (κ1) is 36.4. The van der Waals surface area contributed by atoms with Crippen LogP contribution in [0.2, 0.25) is 5.02 Å². The molecule has 13 nitrogen and oxygen atoms in total. The van der Waals surface area contributed by atoms with Crippen molar-refractivity contribution in [2.45, 2.75) is 128 Å². The Morgan fingerprint density at radius 2 is 1.81 bits per heavy atom. The Morgan fingerprint density at radius 3 is 2.40 bits per heavy atom. The van der Waals surface area contributed by atoms with Crippen molar-refractivity contribution in [3.8, 4) is 5.88 Å². The fourth-order valence-electron chi connectivity index (χ4n) is 6.31. The topological polar surface area (TPSA) is 193 Å².